The van der Waals surface area contributed by atoms with E-state index in [-0.39, 0.29) is 18.2 Å². The summed E-state index contributed by atoms with van der Waals surface area (Å²) in [7, 11) is 1.60. The molecule has 0 aliphatic carbocycles. The molecular formula is C23H27ClN2O4. The monoisotopic (exact) mass is 430 g/mol. The lowest BCUT2D eigenvalue weighted by Crippen LogP contribution is -2.37. The van der Waals surface area contributed by atoms with Crippen LogP contribution in [-0.2, 0) is 16.1 Å². The predicted molar refractivity (Wildman–Crippen MR) is 117 cm³/mol. The molecule has 1 saturated heterocycles. The first-order valence-electron chi connectivity index (χ1n) is 10.1. The highest BCUT2D eigenvalue weighted by Crippen LogP contribution is 2.32. The molecule has 0 N–H and O–H groups in total. The second-order valence-electron chi connectivity index (χ2n) is 7.13. The Bertz CT molecular complexity index is 918. The maximum Gasteiger partial charge on any atom is 0.228 e. The minimum atomic E-state index is -0.390. The number of amides is 2. The van der Waals surface area contributed by atoms with Crippen LogP contribution in [0, 0.1) is 5.92 Å². The Kier molecular flexibility index (Phi) is 7.21. The first-order valence-corrected chi connectivity index (χ1v) is 10.5. The molecule has 2 amide bonds. The van der Waals surface area contributed by atoms with Gasteiger partial charge in [0, 0.05) is 26.1 Å². The van der Waals surface area contributed by atoms with Gasteiger partial charge in [0.2, 0.25) is 11.8 Å². The van der Waals surface area contributed by atoms with Crippen LogP contribution in [0.1, 0.15) is 25.8 Å². The molecule has 0 bridgehead atoms. The number of hydrogen-bond acceptors (Lipinski definition) is 4. The smallest absolute Gasteiger partial charge is 0.228 e. The van der Waals surface area contributed by atoms with E-state index in [1.807, 2.05) is 44.2 Å². The molecule has 0 aromatic heterocycles. The second kappa shape index (κ2) is 9.85. The number of benzene rings is 2. The Balaban J connectivity index is 1.72. The van der Waals surface area contributed by atoms with E-state index in [0.29, 0.717) is 48.5 Å². The van der Waals surface area contributed by atoms with Crippen LogP contribution in [0.5, 0.6) is 11.5 Å². The molecule has 1 unspecified atom stereocenters. The molecule has 6 nitrogen and oxygen atoms in total. The van der Waals surface area contributed by atoms with Crippen molar-refractivity contribution in [2.24, 2.45) is 5.92 Å². The minimum Gasteiger partial charge on any atom is -0.493 e. The van der Waals surface area contributed by atoms with Gasteiger partial charge in [0.1, 0.15) is 0 Å². The lowest BCUT2D eigenvalue weighted by atomic mass is 10.1. The first kappa shape index (κ1) is 22.0. The highest BCUT2D eigenvalue weighted by molar-refractivity contribution is 6.33. The van der Waals surface area contributed by atoms with Crippen LogP contribution in [-0.4, -0.2) is 43.5 Å². The first-order chi connectivity index (χ1) is 14.5. The number of halogens is 1. The van der Waals surface area contributed by atoms with E-state index in [4.69, 9.17) is 21.1 Å². The van der Waals surface area contributed by atoms with Gasteiger partial charge in [0.05, 0.1) is 30.3 Å². The summed E-state index contributed by atoms with van der Waals surface area (Å²) in [6.45, 7) is 5.73. The van der Waals surface area contributed by atoms with E-state index in [1.165, 1.54) is 0 Å². The summed E-state index contributed by atoms with van der Waals surface area (Å²) in [6.07, 6.45) is 0.188. The predicted octanol–water partition coefficient (Wildman–Crippen LogP) is 4.15. The number of anilines is 1. The number of hydrogen-bond donors (Lipinski definition) is 0. The van der Waals surface area contributed by atoms with Crippen LogP contribution in [0.3, 0.4) is 0 Å². The van der Waals surface area contributed by atoms with Gasteiger partial charge in [-0.05, 0) is 43.7 Å². The highest BCUT2D eigenvalue weighted by atomic mass is 35.5. The maximum atomic E-state index is 13.2. The SMILES string of the molecule is CCOc1ccc(CN(CC)C(=O)C2CC(=O)N(c3ccccc3Cl)C2)cc1OC. The summed E-state index contributed by atoms with van der Waals surface area (Å²) in [5, 5.41) is 0.507. The van der Waals surface area contributed by atoms with Crippen LogP contribution in [0.15, 0.2) is 42.5 Å². The standard InChI is InChI=1S/C23H27ClN2O4/c1-4-25(14-16-10-11-20(30-5-2)21(12-16)29-3)23(28)17-13-22(27)26(15-17)19-9-7-6-8-18(19)24/h6-12,17H,4-5,13-15H2,1-3H3. The molecule has 1 fully saturated rings. The van der Waals surface area contributed by atoms with Crippen LogP contribution >= 0.6 is 11.6 Å². The van der Waals surface area contributed by atoms with Crippen molar-refractivity contribution in [3.05, 3.63) is 53.1 Å². The molecule has 160 valence electrons. The highest BCUT2D eigenvalue weighted by Gasteiger charge is 2.37. The molecule has 0 spiro atoms. The third-order valence-corrected chi connectivity index (χ3v) is 5.53. The topological polar surface area (TPSA) is 59.1 Å². The van der Waals surface area contributed by atoms with Crippen molar-refractivity contribution in [2.75, 3.05) is 31.7 Å². The van der Waals surface area contributed by atoms with E-state index >= 15 is 0 Å². The quantitative estimate of drug-likeness (QED) is 0.631. The molecular weight excluding hydrogens is 404 g/mol. The molecule has 2 aromatic rings. The lowest BCUT2D eigenvalue weighted by Gasteiger charge is -2.25. The largest absolute Gasteiger partial charge is 0.493 e. The molecule has 1 heterocycles. The fourth-order valence-electron chi connectivity index (χ4n) is 3.69. The molecule has 1 aliphatic rings. The summed E-state index contributed by atoms with van der Waals surface area (Å²) in [5.74, 6) is 0.806. The Morgan fingerprint density at radius 1 is 1.20 bits per heavy atom. The van der Waals surface area contributed by atoms with Gasteiger partial charge >= 0.3 is 0 Å². The Morgan fingerprint density at radius 2 is 1.97 bits per heavy atom. The number of ether oxygens (including phenoxy) is 2. The van der Waals surface area contributed by atoms with Crippen LogP contribution in [0.4, 0.5) is 5.69 Å². The number of methoxy groups -OCH3 is 1. The van der Waals surface area contributed by atoms with E-state index in [9.17, 15) is 9.59 Å². The summed E-state index contributed by atoms with van der Waals surface area (Å²) in [4.78, 5) is 29.1. The van der Waals surface area contributed by atoms with Gasteiger partial charge < -0.3 is 19.3 Å². The van der Waals surface area contributed by atoms with Crippen molar-refractivity contribution in [1.82, 2.24) is 4.90 Å². The third kappa shape index (κ3) is 4.70. The van der Waals surface area contributed by atoms with Gasteiger partial charge in [-0.2, -0.15) is 0 Å². The second-order valence-corrected chi connectivity index (χ2v) is 7.53. The number of rotatable bonds is 8. The van der Waals surface area contributed by atoms with Crippen molar-refractivity contribution in [3.8, 4) is 11.5 Å². The molecule has 2 aromatic carbocycles. The molecule has 3 rings (SSSR count). The lowest BCUT2D eigenvalue weighted by molar-refractivity contribution is -0.136. The molecule has 1 atom stereocenters. The van der Waals surface area contributed by atoms with Crippen molar-refractivity contribution in [3.63, 3.8) is 0 Å². The van der Waals surface area contributed by atoms with Gasteiger partial charge in [-0.25, -0.2) is 0 Å². The molecule has 0 saturated carbocycles. The van der Waals surface area contributed by atoms with E-state index in [0.717, 1.165) is 5.56 Å². The number of para-hydroxylation sites is 1. The normalized spacial score (nSPS) is 15.9. The fourth-order valence-corrected chi connectivity index (χ4v) is 3.92. The van der Waals surface area contributed by atoms with Gasteiger partial charge in [0.15, 0.2) is 11.5 Å². The van der Waals surface area contributed by atoms with E-state index < -0.39 is 5.92 Å². The summed E-state index contributed by atoms with van der Waals surface area (Å²) < 4.78 is 11.0. The van der Waals surface area contributed by atoms with Crippen LogP contribution in [0.2, 0.25) is 5.02 Å². The third-order valence-electron chi connectivity index (χ3n) is 5.21. The Morgan fingerprint density at radius 3 is 2.63 bits per heavy atom. The zero-order chi connectivity index (χ0) is 21.7. The zero-order valence-corrected chi connectivity index (χ0v) is 18.3. The van der Waals surface area contributed by atoms with E-state index in [1.54, 1.807) is 29.0 Å². The summed E-state index contributed by atoms with van der Waals surface area (Å²) in [5.41, 5.74) is 1.59. The molecule has 30 heavy (non-hydrogen) atoms. The molecule has 1 aliphatic heterocycles. The zero-order valence-electron chi connectivity index (χ0n) is 17.6. The van der Waals surface area contributed by atoms with E-state index in [2.05, 4.69) is 0 Å². The Hall–Kier alpha value is -2.73. The van der Waals surface area contributed by atoms with Gasteiger partial charge in [-0.1, -0.05) is 29.8 Å². The average molecular weight is 431 g/mol. The van der Waals surface area contributed by atoms with Crippen molar-refractivity contribution in [2.45, 2.75) is 26.8 Å². The van der Waals surface area contributed by atoms with Crippen molar-refractivity contribution < 1.29 is 19.1 Å². The number of nitrogens with zero attached hydrogens (tertiary/aromatic N) is 2. The summed E-state index contributed by atoms with van der Waals surface area (Å²) >= 11 is 6.25. The van der Waals surface area contributed by atoms with Crippen LogP contribution < -0.4 is 14.4 Å². The van der Waals surface area contributed by atoms with Crippen molar-refractivity contribution in [1.29, 1.82) is 0 Å². The summed E-state index contributed by atoms with van der Waals surface area (Å²) in [6, 6.07) is 12.9. The number of carbonyl (C=O) groups is 2. The maximum absolute atomic E-state index is 13.2. The van der Waals surface area contributed by atoms with Crippen molar-refractivity contribution >= 4 is 29.1 Å². The fraction of sp³-hybridized carbons (Fsp3) is 0.391. The molecule has 0 radical (unpaired) electrons. The van der Waals surface area contributed by atoms with Gasteiger partial charge in [-0.3, -0.25) is 9.59 Å². The van der Waals surface area contributed by atoms with Gasteiger partial charge in [-0.15, -0.1) is 0 Å². The molecule has 7 heteroatoms. The Labute approximate surface area is 182 Å². The van der Waals surface area contributed by atoms with Gasteiger partial charge in [0.25, 0.3) is 0 Å². The average Bonchev–Trinajstić information content (AvgIpc) is 3.14. The minimum absolute atomic E-state index is 0.0340. The number of carbonyl (C=O) groups excluding carboxylic acids is 2. The van der Waals surface area contributed by atoms with Crippen LogP contribution in [0.25, 0.3) is 0 Å².